The first kappa shape index (κ1) is 18.1. The smallest absolute Gasteiger partial charge is 0.411 e. The molecule has 0 bridgehead atoms. The van der Waals surface area contributed by atoms with Gasteiger partial charge in [-0.05, 0) is 23.8 Å². The largest absolute Gasteiger partial charge is 0.444 e. The number of amides is 1. The maximum Gasteiger partial charge on any atom is 0.411 e. The highest BCUT2D eigenvalue weighted by molar-refractivity contribution is 5.85. The molecule has 7 nitrogen and oxygen atoms in total. The second-order valence-electron chi connectivity index (χ2n) is 4.98. The van der Waals surface area contributed by atoms with Crippen LogP contribution in [0.2, 0.25) is 0 Å². The quantitative estimate of drug-likeness (QED) is 0.799. The first-order chi connectivity index (χ1) is 12.7. The van der Waals surface area contributed by atoms with Gasteiger partial charge < -0.3 is 10.1 Å². The van der Waals surface area contributed by atoms with Crippen molar-refractivity contribution in [3.63, 3.8) is 0 Å². The Morgan fingerprint density at radius 2 is 1.54 bits per heavy atom. The van der Waals surface area contributed by atoms with Crippen molar-refractivity contribution in [3.8, 4) is 18.2 Å². The summed E-state index contributed by atoms with van der Waals surface area (Å²) in [5.41, 5.74) is 1.24. The Morgan fingerprint density at radius 1 is 0.885 bits per heavy atom. The fraction of sp³-hybridized carbons (Fsp3) is 0.0526. The maximum absolute atomic E-state index is 11.9. The molecule has 2 rings (SSSR count). The fourth-order valence-electron chi connectivity index (χ4n) is 1.98. The number of ether oxygens (including phenoxy) is 1. The Kier molecular flexibility index (Phi) is 6.34. The molecule has 0 heterocycles. The highest BCUT2D eigenvalue weighted by Gasteiger charge is 2.08. The van der Waals surface area contributed by atoms with Crippen LogP contribution in [0.4, 0.5) is 16.2 Å². The lowest BCUT2D eigenvalue weighted by Gasteiger charge is -2.09. The van der Waals surface area contributed by atoms with Crippen molar-refractivity contribution in [3.05, 3.63) is 71.4 Å². The van der Waals surface area contributed by atoms with Crippen molar-refractivity contribution in [2.75, 3.05) is 10.6 Å². The number of rotatable bonds is 5. The summed E-state index contributed by atoms with van der Waals surface area (Å²) < 4.78 is 5.13. The van der Waals surface area contributed by atoms with Gasteiger partial charge in [0.2, 0.25) is 0 Å². The van der Waals surface area contributed by atoms with E-state index in [1.165, 1.54) is 0 Å². The molecule has 0 atom stereocenters. The molecule has 26 heavy (non-hydrogen) atoms. The van der Waals surface area contributed by atoms with E-state index in [0.717, 1.165) is 5.56 Å². The SMILES string of the molecule is N#CC(C#N)=C(C#N)Nc1cccc(NC(=O)OCc2ccccc2)c1. The van der Waals surface area contributed by atoms with Crippen LogP contribution >= 0.6 is 0 Å². The molecule has 0 fully saturated rings. The average molecular weight is 343 g/mol. The van der Waals surface area contributed by atoms with Crippen molar-refractivity contribution < 1.29 is 9.53 Å². The van der Waals surface area contributed by atoms with E-state index in [2.05, 4.69) is 10.6 Å². The van der Waals surface area contributed by atoms with E-state index in [4.69, 9.17) is 20.5 Å². The van der Waals surface area contributed by atoms with Crippen molar-refractivity contribution in [1.29, 1.82) is 15.8 Å². The molecule has 2 N–H and O–H groups in total. The zero-order valence-electron chi connectivity index (χ0n) is 13.6. The first-order valence-corrected chi connectivity index (χ1v) is 7.45. The molecule has 0 aliphatic carbocycles. The summed E-state index contributed by atoms with van der Waals surface area (Å²) in [7, 11) is 0. The Hall–Kier alpha value is -4.28. The number of hydrogen-bond acceptors (Lipinski definition) is 6. The molecule has 0 aliphatic heterocycles. The molecule has 126 valence electrons. The molecular weight excluding hydrogens is 330 g/mol. The zero-order chi connectivity index (χ0) is 18.8. The van der Waals surface area contributed by atoms with Crippen LogP contribution in [0.25, 0.3) is 0 Å². The number of carbonyl (C=O) groups is 1. The van der Waals surface area contributed by atoms with Gasteiger partial charge in [-0.3, -0.25) is 5.32 Å². The predicted octanol–water partition coefficient (Wildman–Crippen LogP) is 3.67. The Morgan fingerprint density at radius 3 is 2.15 bits per heavy atom. The average Bonchev–Trinajstić information content (AvgIpc) is 2.67. The van der Waals surface area contributed by atoms with E-state index in [1.807, 2.05) is 30.3 Å². The van der Waals surface area contributed by atoms with E-state index >= 15 is 0 Å². The van der Waals surface area contributed by atoms with Gasteiger partial charge in [-0.25, -0.2) is 4.79 Å². The van der Waals surface area contributed by atoms with Gasteiger partial charge >= 0.3 is 6.09 Å². The lowest BCUT2D eigenvalue weighted by Crippen LogP contribution is -2.13. The molecule has 1 amide bonds. The molecule has 0 aliphatic rings. The van der Waals surface area contributed by atoms with Crippen LogP contribution in [0, 0.1) is 34.0 Å². The second kappa shape index (κ2) is 9.12. The van der Waals surface area contributed by atoms with Crippen LogP contribution in [-0.2, 0) is 11.3 Å². The number of hydrogen-bond donors (Lipinski definition) is 2. The van der Waals surface area contributed by atoms with Crippen LogP contribution in [0.3, 0.4) is 0 Å². The Bertz CT molecular complexity index is 930. The third-order valence-electron chi connectivity index (χ3n) is 3.18. The molecule has 0 spiro atoms. The van der Waals surface area contributed by atoms with Gasteiger partial charge in [-0.1, -0.05) is 36.4 Å². The number of anilines is 2. The number of nitrogens with one attached hydrogen (secondary N) is 2. The zero-order valence-corrected chi connectivity index (χ0v) is 13.6. The molecule has 7 heteroatoms. The fourth-order valence-corrected chi connectivity index (χ4v) is 1.98. The summed E-state index contributed by atoms with van der Waals surface area (Å²) in [5, 5.41) is 32.0. The maximum atomic E-state index is 11.9. The number of benzene rings is 2. The Labute approximate surface area is 150 Å². The van der Waals surface area contributed by atoms with E-state index in [-0.39, 0.29) is 17.9 Å². The van der Waals surface area contributed by atoms with Crippen molar-refractivity contribution in [2.45, 2.75) is 6.61 Å². The summed E-state index contributed by atoms with van der Waals surface area (Å²) >= 11 is 0. The first-order valence-electron chi connectivity index (χ1n) is 7.45. The second-order valence-corrected chi connectivity index (χ2v) is 4.98. The molecule has 2 aromatic carbocycles. The summed E-state index contributed by atoms with van der Waals surface area (Å²) in [5.74, 6) is 0. The van der Waals surface area contributed by atoms with Crippen molar-refractivity contribution >= 4 is 17.5 Å². The van der Waals surface area contributed by atoms with Gasteiger partial charge in [0.1, 0.15) is 30.5 Å². The van der Waals surface area contributed by atoms with Gasteiger partial charge in [-0.15, -0.1) is 0 Å². The molecule has 0 radical (unpaired) electrons. The predicted molar refractivity (Wildman–Crippen MR) is 94.2 cm³/mol. The summed E-state index contributed by atoms with van der Waals surface area (Å²) in [6.45, 7) is 0.139. The summed E-state index contributed by atoms with van der Waals surface area (Å²) in [6.07, 6.45) is -0.628. The highest BCUT2D eigenvalue weighted by Crippen LogP contribution is 2.18. The molecule has 0 saturated carbocycles. The van der Waals surface area contributed by atoms with Crippen molar-refractivity contribution in [1.82, 2.24) is 0 Å². The van der Waals surface area contributed by atoms with Crippen LogP contribution in [-0.4, -0.2) is 6.09 Å². The van der Waals surface area contributed by atoms with Gasteiger partial charge in [0.05, 0.1) is 0 Å². The topological polar surface area (TPSA) is 122 Å². The normalized spacial score (nSPS) is 8.96. The monoisotopic (exact) mass is 343 g/mol. The molecule has 0 unspecified atom stereocenters. The van der Waals surface area contributed by atoms with Gasteiger partial charge in [0.25, 0.3) is 0 Å². The van der Waals surface area contributed by atoms with Gasteiger partial charge in [0.15, 0.2) is 5.57 Å². The van der Waals surface area contributed by atoms with Crippen LogP contribution in [0.15, 0.2) is 65.9 Å². The molecular formula is C19H13N5O2. The minimum atomic E-state index is -0.628. The third-order valence-corrected chi connectivity index (χ3v) is 3.18. The van der Waals surface area contributed by atoms with E-state index in [1.54, 1.807) is 42.5 Å². The van der Waals surface area contributed by atoms with E-state index < -0.39 is 6.09 Å². The minimum Gasteiger partial charge on any atom is -0.444 e. The molecule has 0 aromatic heterocycles. The summed E-state index contributed by atoms with van der Waals surface area (Å²) in [4.78, 5) is 11.9. The highest BCUT2D eigenvalue weighted by atomic mass is 16.5. The molecule has 2 aromatic rings. The molecule has 0 saturated heterocycles. The number of carbonyl (C=O) groups excluding carboxylic acids is 1. The van der Waals surface area contributed by atoms with Crippen LogP contribution in [0.5, 0.6) is 0 Å². The summed E-state index contributed by atoms with van der Waals surface area (Å²) in [6, 6.07) is 20.8. The lowest BCUT2D eigenvalue weighted by molar-refractivity contribution is 0.155. The van der Waals surface area contributed by atoms with E-state index in [0.29, 0.717) is 11.4 Å². The minimum absolute atomic E-state index is 0.139. The van der Waals surface area contributed by atoms with Crippen LogP contribution < -0.4 is 10.6 Å². The Balaban J connectivity index is 2.02. The van der Waals surface area contributed by atoms with Crippen LogP contribution in [0.1, 0.15) is 5.56 Å². The van der Waals surface area contributed by atoms with Gasteiger partial charge in [-0.2, -0.15) is 15.8 Å². The number of nitriles is 3. The standard InChI is InChI=1S/C19H13N5O2/c20-10-15(11-21)18(12-22)23-16-7-4-8-17(9-16)24-19(25)26-13-14-5-2-1-3-6-14/h1-9,23H,13H2,(H,24,25). The van der Waals surface area contributed by atoms with Crippen molar-refractivity contribution in [2.24, 2.45) is 0 Å². The van der Waals surface area contributed by atoms with E-state index in [9.17, 15) is 4.79 Å². The lowest BCUT2D eigenvalue weighted by atomic mass is 10.2. The number of allylic oxidation sites excluding steroid dienone is 2. The third kappa shape index (κ3) is 5.13. The van der Waals surface area contributed by atoms with Gasteiger partial charge in [0, 0.05) is 11.4 Å². The number of nitrogens with zero attached hydrogens (tertiary/aromatic N) is 3.